The Morgan fingerprint density at radius 3 is 3.00 bits per heavy atom. The van der Waals surface area contributed by atoms with Gasteiger partial charge in [-0.3, -0.25) is 0 Å². The lowest BCUT2D eigenvalue weighted by Crippen LogP contribution is -2.07. The zero-order valence-electron chi connectivity index (χ0n) is 8.93. The van der Waals surface area contributed by atoms with Crippen LogP contribution in [0.5, 0.6) is 0 Å². The molecule has 0 aliphatic carbocycles. The van der Waals surface area contributed by atoms with Crippen molar-refractivity contribution in [3.05, 3.63) is 41.3 Å². The van der Waals surface area contributed by atoms with Crippen molar-refractivity contribution in [1.82, 2.24) is 9.55 Å². The van der Waals surface area contributed by atoms with Gasteiger partial charge in [-0.05, 0) is 30.7 Å². The van der Waals surface area contributed by atoms with Crippen molar-refractivity contribution in [2.24, 2.45) is 0 Å². The number of hydrogen-bond donors (Lipinski definition) is 1. The highest BCUT2D eigenvalue weighted by Crippen LogP contribution is 2.22. The van der Waals surface area contributed by atoms with E-state index in [1.165, 1.54) is 0 Å². The second-order valence-corrected chi connectivity index (χ2v) is 3.86. The fourth-order valence-corrected chi connectivity index (χ4v) is 1.75. The second-order valence-electron chi connectivity index (χ2n) is 3.49. The molecule has 86 valence electrons. The molecule has 1 atom stereocenters. The van der Waals surface area contributed by atoms with Crippen LogP contribution in [0, 0.1) is 0 Å². The molecular weight excluding hydrogens is 228 g/mol. The van der Waals surface area contributed by atoms with E-state index in [-0.39, 0.29) is 5.22 Å². The molecule has 2 heterocycles. The highest BCUT2D eigenvalue weighted by atomic mass is 35.5. The standard InChI is InChI=1S/C11H13ClN2O2/c1-2-14-6-5-13-11(14)7-8(15)9-3-4-10(12)16-9/h3-6,8,15H,2,7H2,1H3. The van der Waals surface area contributed by atoms with Crippen LogP contribution in [-0.2, 0) is 13.0 Å². The molecule has 4 nitrogen and oxygen atoms in total. The van der Waals surface area contributed by atoms with E-state index in [9.17, 15) is 5.11 Å². The molecule has 5 heteroatoms. The zero-order chi connectivity index (χ0) is 11.5. The number of imidazole rings is 1. The molecule has 2 aromatic heterocycles. The molecule has 0 aliphatic rings. The van der Waals surface area contributed by atoms with Crippen molar-refractivity contribution in [1.29, 1.82) is 0 Å². The van der Waals surface area contributed by atoms with Gasteiger partial charge >= 0.3 is 0 Å². The number of nitrogens with zero attached hydrogens (tertiary/aromatic N) is 2. The van der Waals surface area contributed by atoms with Gasteiger partial charge in [-0.25, -0.2) is 4.98 Å². The summed E-state index contributed by atoms with van der Waals surface area (Å²) < 4.78 is 7.13. The smallest absolute Gasteiger partial charge is 0.193 e. The van der Waals surface area contributed by atoms with Gasteiger partial charge in [0.05, 0.1) is 0 Å². The first-order chi connectivity index (χ1) is 7.70. The van der Waals surface area contributed by atoms with Crippen molar-refractivity contribution < 1.29 is 9.52 Å². The van der Waals surface area contributed by atoms with Crippen LogP contribution in [0.25, 0.3) is 0 Å². The molecule has 0 spiro atoms. The van der Waals surface area contributed by atoms with Crippen molar-refractivity contribution in [2.45, 2.75) is 26.0 Å². The van der Waals surface area contributed by atoms with Gasteiger partial charge < -0.3 is 14.1 Å². The van der Waals surface area contributed by atoms with Gasteiger partial charge in [0, 0.05) is 25.4 Å². The number of rotatable bonds is 4. The molecule has 0 radical (unpaired) electrons. The van der Waals surface area contributed by atoms with Crippen LogP contribution < -0.4 is 0 Å². The third kappa shape index (κ3) is 2.28. The summed E-state index contributed by atoms with van der Waals surface area (Å²) in [5, 5.41) is 10.2. The number of aliphatic hydroxyl groups is 1. The lowest BCUT2D eigenvalue weighted by atomic mass is 10.2. The Kier molecular flexibility index (Phi) is 3.31. The van der Waals surface area contributed by atoms with E-state index < -0.39 is 6.10 Å². The summed E-state index contributed by atoms with van der Waals surface area (Å²) in [6.07, 6.45) is 3.32. The first kappa shape index (κ1) is 11.2. The van der Waals surface area contributed by atoms with Gasteiger partial charge in [-0.2, -0.15) is 0 Å². The Morgan fingerprint density at radius 2 is 2.38 bits per heavy atom. The van der Waals surface area contributed by atoms with Crippen LogP contribution in [0.3, 0.4) is 0 Å². The van der Waals surface area contributed by atoms with Gasteiger partial charge in [-0.15, -0.1) is 0 Å². The van der Waals surface area contributed by atoms with E-state index in [1.807, 2.05) is 17.7 Å². The quantitative estimate of drug-likeness (QED) is 0.893. The minimum Gasteiger partial charge on any atom is -0.447 e. The van der Waals surface area contributed by atoms with Gasteiger partial charge in [0.25, 0.3) is 0 Å². The molecule has 2 aromatic rings. The first-order valence-electron chi connectivity index (χ1n) is 5.14. The van der Waals surface area contributed by atoms with E-state index in [2.05, 4.69) is 4.98 Å². The number of aliphatic hydroxyl groups excluding tert-OH is 1. The zero-order valence-corrected chi connectivity index (χ0v) is 9.68. The topological polar surface area (TPSA) is 51.2 Å². The van der Waals surface area contributed by atoms with Crippen LogP contribution >= 0.6 is 11.6 Å². The molecule has 1 N–H and O–H groups in total. The normalized spacial score (nSPS) is 12.9. The van der Waals surface area contributed by atoms with Crippen LogP contribution in [-0.4, -0.2) is 14.7 Å². The SMILES string of the molecule is CCn1ccnc1CC(O)c1ccc(Cl)o1. The molecule has 0 saturated heterocycles. The lowest BCUT2D eigenvalue weighted by Gasteiger charge is -2.08. The Bertz CT molecular complexity index is 464. The second kappa shape index (κ2) is 4.72. The molecular formula is C11H13ClN2O2. The number of hydrogen-bond acceptors (Lipinski definition) is 3. The minimum atomic E-state index is -0.708. The summed E-state index contributed by atoms with van der Waals surface area (Å²) in [4.78, 5) is 4.19. The van der Waals surface area contributed by atoms with Crippen LogP contribution in [0.4, 0.5) is 0 Å². The molecule has 0 aliphatic heterocycles. The third-order valence-electron chi connectivity index (χ3n) is 2.44. The summed E-state index contributed by atoms with van der Waals surface area (Å²) in [5.41, 5.74) is 0. The Hall–Kier alpha value is -1.26. The van der Waals surface area contributed by atoms with Crippen LogP contribution in [0.2, 0.25) is 5.22 Å². The third-order valence-corrected chi connectivity index (χ3v) is 2.64. The number of aromatic nitrogens is 2. The summed E-state index contributed by atoms with van der Waals surface area (Å²) in [6, 6.07) is 3.29. The fourth-order valence-electron chi connectivity index (χ4n) is 1.60. The first-order valence-corrected chi connectivity index (χ1v) is 5.51. The molecule has 1 unspecified atom stereocenters. The number of furan rings is 1. The molecule has 0 bridgehead atoms. The largest absolute Gasteiger partial charge is 0.447 e. The number of aryl methyl sites for hydroxylation is 1. The summed E-state index contributed by atoms with van der Waals surface area (Å²) in [6.45, 7) is 2.86. The van der Waals surface area contributed by atoms with E-state index in [0.29, 0.717) is 12.2 Å². The Morgan fingerprint density at radius 1 is 1.56 bits per heavy atom. The maximum Gasteiger partial charge on any atom is 0.193 e. The van der Waals surface area contributed by atoms with Crippen molar-refractivity contribution in [2.75, 3.05) is 0 Å². The van der Waals surface area contributed by atoms with Gasteiger partial charge in [0.1, 0.15) is 17.7 Å². The average Bonchev–Trinajstić information content (AvgIpc) is 2.86. The minimum absolute atomic E-state index is 0.285. The highest BCUT2D eigenvalue weighted by Gasteiger charge is 2.15. The summed E-state index contributed by atoms with van der Waals surface area (Å²) >= 11 is 5.65. The van der Waals surface area contributed by atoms with Crippen LogP contribution in [0.1, 0.15) is 24.6 Å². The Balaban J connectivity index is 2.10. The van der Waals surface area contributed by atoms with E-state index in [4.69, 9.17) is 16.0 Å². The molecule has 0 amide bonds. The average molecular weight is 241 g/mol. The van der Waals surface area contributed by atoms with Gasteiger partial charge in [0.15, 0.2) is 5.22 Å². The summed E-state index contributed by atoms with van der Waals surface area (Å²) in [7, 11) is 0. The molecule has 0 aromatic carbocycles. The van der Waals surface area contributed by atoms with E-state index in [0.717, 1.165) is 12.4 Å². The highest BCUT2D eigenvalue weighted by molar-refractivity contribution is 6.28. The maximum atomic E-state index is 9.92. The van der Waals surface area contributed by atoms with Crippen LogP contribution in [0.15, 0.2) is 28.9 Å². The van der Waals surface area contributed by atoms with Crippen molar-refractivity contribution >= 4 is 11.6 Å². The Labute approximate surface area is 98.5 Å². The molecule has 2 rings (SSSR count). The molecule has 0 fully saturated rings. The lowest BCUT2D eigenvalue weighted by molar-refractivity contribution is 0.147. The van der Waals surface area contributed by atoms with Crippen molar-refractivity contribution in [3.8, 4) is 0 Å². The predicted octanol–water partition coefficient (Wildman–Crippen LogP) is 2.43. The monoisotopic (exact) mass is 240 g/mol. The van der Waals surface area contributed by atoms with E-state index in [1.54, 1.807) is 18.3 Å². The fraction of sp³-hybridized carbons (Fsp3) is 0.364. The van der Waals surface area contributed by atoms with Gasteiger partial charge in [-0.1, -0.05) is 0 Å². The maximum absolute atomic E-state index is 9.92. The van der Waals surface area contributed by atoms with E-state index >= 15 is 0 Å². The summed E-state index contributed by atoms with van der Waals surface area (Å²) in [5.74, 6) is 1.30. The number of halogens is 1. The molecule has 0 saturated carbocycles. The molecule has 16 heavy (non-hydrogen) atoms. The van der Waals surface area contributed by atoms with Crippen molar-refractivity contribution in [3.63, 3.8) is 0 Å². The van der Waals surface area contributed by atoms with Gasteiger partial charge in [0.2, 0.25) is 0 Å². The predicted molar refractivity (Wildman–Crippen MR) is 60.3 cm³/mol.